The predicted octanol–water partition coefficient (Wildman–Crippen LogP) is 7.39. The third-order valence-electron chi connectivity index (χ3n) is 6.38. The molecule has 5 aromatic rings. The summed E-state index contributed by atoms with van der Waals surface area (Å²) in [7, 11) is 0. The van der Waals surface area contributed by atoms with Crippen molar-refractivity contribution in [2.24, 2.45) is 9.98 Å². The van der Waals surface area contributed by atoms with Crippen LogP contribution in [-0.2, 0) is 21.7 Å². The van der Waals surface area contributed by atoms with Gasteiger partial charge in [0.05, 0.1) is 11.4 Å². The van der Waals surface area contributed by atoms with E-state index in [1.165, 1.54) is 24.6 Å². The summed E-state index contributed by atoms with van der Waals surface area (Å²) in [6.45, 7) is 7.31. The Bertz CT molecular complexity index is 1620. The summed E-state index contributed by atoms with van der Waals surface area (Å²) in [6.07, 6.45) is 2.89. The van der Waals surface area contributed by atoms with Crippen molar-refractivity contribution in [2.45, 2.75) is 27.7 Å². The minimum atomic E-state index is -0.283. The van der Waals surface area contributed by atoms with E-state index in [0.717, 1.165) is 22.3 Å². The molecule has 5 aromatic carbocycles. The molecule has 0 saturated carbocycles. The number of para-hydroxylation sites is 6. The van der Waals surface area contributed by atoms with Gasteiger partial charge in [-0.15, -0.1) is 11.5 Å². The second-order valence-electron chi connectivity index (χ2n) is 9.76. The molecule has 0 aliphatic carbocycles. The Morgan fingerprint density at radius 3 is 1.07 bits per heavy atom. The summed E-state index contributed by atoms with van der Waals surface area (Å²) in [5.74, 6) is -0.238. The number of aryl methyl sites for hydroxylation is 4. The average molecular weight is 673 g/mol. The van der Waals surface area contributed by atoms with E-state index in [-0.39, 0.29) is 54.8 Å². The minimum absolute atomic E-state index is 0. The molecule has 0 amide bonds. The monoisotopic (exact) mass is 672 g/mol. The maximum atomic E-state index is 12.0. The Labute approximate surface area is 288 Å². The molecule has 0 N–H and O–H groups in total. The Hall–Kier alpha value is -4.07. The molecule has 0 spiro atoms. The van der Waals surface area contributed by atoms with Gasteiger partial charge in [0, 0.05) is 22.5 Å². The second kappa shape index (κ2) is 18.0. The molecule has 0 aromatic heterocycles. The van der Waals surface area contributed by atoms with E-state index >= 15 is 0 Å². The van der Waals surface area contributed by atoms with Gasteiger partial charge in [0.1, 0.15) is 0 Å². The molecule has 0 unspecified atom stereocenters. The first kappa shape index (κ1) is 37.1. The fourth-order valence-corrected chi connectivity index (χ4v) is 4.18. The Morgan fingerprint density at radius 2 is 0.756 bits per heavy atom. The zero-order valence-corrected chi connectivity index (χ0v) is 28.2. The molecule has 0 heterocycles. The van der Waals surface area contributed by atoms with Gasteiger partial charge in [-0.05, 0) is 63.1 Å². The smallest absolute Gasteiger partial charge is 0.872 e. The third-order valence-corrected chi connectivity index (χ3v) is 6.97. The van der Waals surface area contributed by atoms with Gasteiger partial charge < -0.3 is 20.4 Å². The SMILES string of the molecule is Cc1cccc(C)c1[O-].Cc1cccc(C)c1[O-].[O-]c1c(Cl)cccc1C=Nc1ccccc1N=Cc1cccc(Cl)c1[O-].[Ti+4]. The molecule has 0 saturated heterocycles. The molecule has 0 radical (unpaired) electrons. The van der Waals surface area contributed by atoms with Crippen molar-refractivity contribution in [1.82, 2.24) is 0 Å². The zero-order valence-electron chi connectivity index (χ0n) is 25.2. The van der Waals surface area contributed by atoms with Crippen molar-refractivity contribution < 1.29 is 42.1 Å². The van der Waals surface area contributed by atoms with E-state index in [2.05, 4.69) is 9.98 Å². The van der Waals surface area contributed by atoms with Gasteiger partial charge in [-0.25, -0.2) is 0 Å². The number of benzene rings is 5. The van der Waals surface area contributed by atoms with Gasteiger partial charge in [0.25, 0.3) is 0 Å². The van der Waals surface area contributed by atoms with Crippen LogP contribution in [0.3, 0.4) is 0 Å². The van der Waals surface area contributed by atoms with Crippen LogP contribution in [0.25, 0.3) is 0 Å². The summed E-state index contributed by atoms with van der Waals surface area (Å²) < 4.78 is 0. The van der Waals surface area contributed by atoms with Gasteiger partial charge >= 0.3 is 21.7 Å². The molecule has 0 bridgehead atoms. The van der Waals surface area contributed by atoms with Crippen molar-refractivity contribution in [1.29, 1.82) is 0 Å². The van der Waals surface area contributed by atoms with Crippen molar-refractivity contribution in [3.8, 4) is 23.0 Å². The van der Waals surface area contributed by atoms with Gasteiger partial charge in [-0.3, -0.25) is 9.98 Å². The zero-order chi connectivity index (χ0) is 32.2. The Kier molecular flexibility index (Phi) is 14.9. The molecule has 0 aliphatic heterocycles. The maximum Gasteiger partial charge on any atom is 4.00 e. The first-order chi connectivity index (χ1) is 21.0. The van der Waals surface area contributed by atoms with Gasteiger partial charge in [0.15, 0.2) is 0 Å². The van der Waals surface area contributed by atoms with Crippen LogP contribution in [0.2, 0.25) is 10.0 Å². The largest absolute Gasteiger partial charge is 4.00 e. The van der Waals surface area contributed by atoms with Gasteiger partial charge in [0.2, 0.25) is 0 Å². The van der Waals surface area contributed by atoms with Crippen LogP contribution in [0.1, 0.15) is 33.4 Å². The Morgan fingerprint density at radius 1 is 0.444 bits per heavy atom. The van der Waals surface area contributed by atoms with Crippen molar-refractivity contribution in [3.05, 3.63) is 140 Å². The van der Waals surface area contributed by atoms with Gasteiger partial charge in [-0.1, -0.05) is 130 Å². The van der Waals surface area contributed by atoms with Crippen LogP contribution in [0.15, 0.2) is 107 Å². The maximum absolute atomic E-state index is 12.0. The standard InChI is InChI=1S/C20H14Cl2N2O2.2C8H10O.Ti/c21-15-7-3-5-13(19(15)25)11-23-17-9-1-2-10-18(17)24-12-14-6-4-8-16(22)20(14)26;2*1-6-4-3-5-7(2)8(6)9;/h1-12,25-26H;2*3-5,9H,1-2H3;/q;;;+4/p-4. The van der Waals surface area contributed by atoms with E-state index in [4.69, 9.17) is 23.2 Å². The first-order valence-corrected chi connectivity index (χ1v) is 14.3. The molecule has 45 heavy (non-hydrogen) atoms. The topological polar surface area (TPSA) is 117 Å². The normalized spacial score (nSPS) is 10.4. The molecule has 226 valence electrons. The second-order valence-corrected chi connectivity index (χ2v) is 10.6. The van der Waals surface area contributed by atoms with Crippen LogP contribution in [0.5, 0.6) is 23.0 Å². The summed E-state index contributed by atoms with van der Waals surface area (Å²) >= 11 is 11.7. The van der Waals surface area contributed by atoms with E-state index in [1.54, 1.807) is 48.5 Å². The number of halogens is 2. The van der Waals surface area contributed by atoms with E-state index in [1.807, 2.05) is 64.1 Å². The van der Waals surface area contributed by atoms with Crippen LogP contribution in [0.4, 0.5) is 11.4 Å². The molecule has 0 fully saturated rings. The number of rotatable bonds is 4. The molecule has 5 rings (SSSR count). The van der Waals surface area contributed by atoms with Gasteiger partial charge in [-0.2, -0.15) is 0 Å². The molecular weight excluding hydrogens is 643 g/mol. The van der Waals surface area contributed by atoms with Crippen LogP contribution in [0, 0.1) is 27.7 Å². The van der Waals surface area contributed by atoms with Crippen molar-refractivity contribution >= 4 is 47.0 Å². The predicted molar refractivity (Wildman–Crippen MR) is 173 cm³/mol. The van der Waals surface area contributed by atoms with E-state index in [9.17, 15) is 20.4 Å². The van der Waals surface area contributed by atoms with Crippen molar-refractivity contribution in [2.75, 3.05) is 0 Å². The first-order valence-electron chi connectivity index (χ1n) is 13.5. The molecular formula is C36H30Cl2N2O4Ti. The molecule has 0 aliphatic rings. The van der Waals surface area contributed by atoms with E-state index in [0.29, 0.717) is 22.5 Å². The summed E-state index contributed by atoms with van der Waals surface area (Å²) in [4.78, 5) is 8.66. The summed E-state index contributed by atoms with van der Waals surface area (Å²) in [6, 6.07) is 27.9. The fraction of sp³-hybridized carbons (Fsp3) is 0.111. The molecule has 9 heteroatoms. The summed E-state index contributed by atoms with van der Waals surface area (Å²) in [5.41, 5.74) is 5.19. The quantitative estimate of drug-likeness (QED) is 0.146. The Balaban J connectivity index is 0.000000303. The van der Waals surface area contributed by atoms with Crippen molar-refractivity contribution in [3.63, 3.8) is 0 Å². The third kappa shape index (κ3) is 10.8. The van der Waals surface area contributed by atoms with Crippen LogP contribution < -0.4 is 20.4 Å². The number of aliphatic imine (C=N–C) groups is 2. The van der Waals surface area contributed by atoms with Crippen LogP contribution in [-0.4, -0.2) is 12.4 Å². The molecule has 6 nitrogen and oxygen atoms in total. The molecule has 0 atom stereocenters. The van der Waals surface area contributed by atoms with Crippen LogP contribution >= 0.6 is 23.2 Å². The van der Waals surface area contributed by atoms with E-state index < -0.39 is 0 Å². The number of nitrogens with zero attached hydrogens (tertiary/aromatic N) is 2. The number of hydrogen-bond donors (Lipinski definition) is 0. The fourth-order valence-electron chi connectivity index (χ4n) is 3.81. The minimum Gasteiger partial charge on any atom is -0.872 e. The number of hydrogen-bond acceptors (Lipinski definition) is 6. The summed E-state index contributed by atoms with van der Waals surface area (Å²) in [5, 5.41) is 46.1. The average Bonchev–Trinajstić information content (AvgIpc) is 3.01.